The number of rotatable bonds is 4. The summed E-state index contributed by atoms with van der Waals surface area (Å²) < 4.78 is 5.69. The molecule has 0 heterocycles. The third-order valence-electron chi connectivity index (χ3n) is 2.53. The molecule has 2 rings (SSSR count). The van der Waals surface area contributed by atoms with E-state index in [1.54, 1.807) is 18.2 Å². The zero-order valence-electron chi connectivity index (χ0n) is 9.64. The van der Waals surface area contributed by atoms with E-state index in [1.807, 2.05) is 43.5 Å². The Balaban J connectivity index is 2.07. The van der Waals surface area contributed by atoms with Gasteiger partial charge in [0.25, 0.3) is 0 Å². The van der Waals surface area contributed by atoms with Gasteiger partial charge in [0.15, 0.2) is 0 Å². The van der Waals surface area contributed by atoms with Gasteiger partial charge in [-0.2, -0.15) is 0 Å². The number of benzene rings is 2. The second-order valence-electron chi connectivity index (χ2n) is 3.86. The summed E-state index contributed by atoms with van der Waals surface area (Å²) in [4.78, 5) is 10.5. The van der Waals surface area contributed by atoms with E-state index in [-0.39, 0.29) is 0 Å². The maximum atomic E-state index is 10.5. The van der Waals surface area contributed by atoms with Gasteiger partial charge in [-0.1, -0.05) is 30.3 Å². The molecule has 2 nitrogen and oxygen atoms in total. The van der Waals surface area contributed by atoms with Gasteiger partial charge in [-0.25, -0.2) is 0 Å². The maximum Gasteiger partial charge on any atom is 0.233 e. The van der Waals surface area contributed by atoms with Crippen molar-refractivity contribution in [3.63, 3.8) is 0 Å². The predicted octanol–water partition coefficient (Wildman–Crippen LogP) is 3.03. The topological polar surface area (TPSA) is 26.3 Å². The van der Waals surface area contributed by atoms with Gasteiger partial charge in [0.05, 0.1) is 0 Å². The second kappa shape index (κ2) is 5.30. The molecule has 85 valence electrons. The van der Waals surface area contributed by atoms with E-state index in [0.717, 1.165) is 16.9 Å². The Bertz CT molecular complexity index is 504. The molecule has 0 aliphatic heterocycles. The zero-order valence-corrected chi connectivity index (χ0v) is 9.64. The van der Waals surface area contributed by atoms with E-state index in [2.05, 4.69) is 0 Å². The van der Waals surface area contributed by atoms with Gasteiger partial charge in [0.2, 0.25) is 6.29 Å². The third kappa shape index (κ3) is 2.94. The van der Waals surface area contributed by atoms with Crippen LogP contribution in [0.2, 0.25) is 0 Å². The zero-order chi connectivity index (χ0) is 12.1. The Morgan fingerprint density at radius 2 is 1.88 bits per heavy atom. The van der Waals surface area contributed by atoms with Crippen molar-refractivity contribution in [1.82, 2.24) is 0 Å². The van der Waals surface area contributed by atoms with E-state index in [9.17, 15) is 4.79 Å². The van der Waals surface area contributed by atoms with Crippen LogP contribution in [-0.4, -0.2) is 6.29 Å². The first kappa shape index (κ1) is 11.4. The smallest absolute Gasteiger partial charge is 0.233 e. The number of aryl methyl sites for hydroxylation is 1. The van der Waals surface area contributed by atoms with Gasteiger partial charge in [-0.05, 0) is 36.2 Å². The lowest BCUT2D eigenvalue weighted by molar-refractivity contribution is 0.304. The molecule has 0 saturated heterocycles. The first-order valence-corrected chi connectivity index (χ1v) is 5.45. The molecule has 2 aromatic rings. The van der Waals surface area contributed by atoms with Crippen molar-refractivity contribution in [2.45, 2.75) is 13.5 Å². The largest absolute Gasteiger partial charge is 0.489 e. The van der Waals surface area contributed by atoms with Crippen molar-refractivity contribution in [2.75, 3.05) is 0 Å². The summed E-state index contributed by atoms with van der Waals surface area (Å²) in [5.74, 6) is 0.799. The molecule has 0 fully saturated rings. The molecule has 0 aliphatic rings. The summed E-state index contributed by atoms with van der Waals surface area (Å²) in [5, 5.41) is 0. The average Bonchev–Trinajstić information content (AvgIpc) is 2.38. The van der Waals surface area contributed by atoms with E-state index < -0.39 is 0 Å². The second-order valence-corrected chi connectivity index (χ2v) is 3.86. The fourth-order valence-corrected chi connectivity index (χ4v) is 1.61. The summed E-state index contributed by atoms with van der Waals surface area (Å²) in [7, 11) is 0. The molecule has 0 saturated carbocycles. The highest BCUT2D eigenvalue weighted by Gasteiger charge is 2.01. The van der Waals surface area contributed by atoms with Crippen LogP contribution >= 0.6 is 0 Å². The van der Waals surface area contributed by atoms with E-state index >= 15 is 0 Å². The minimum atomic E-state index is 0.534. The molecular weight excluding hydrogens is 212 g/mol. The Kier molecular flexibility index (Phi) is 3.55. The third-order valence-corrected chi connectivity index (χ3v) is 2.53. The molecule has 0 unspecified atom stereocenters. The van der Waals surface area contributed by atoms with Crippen molar-refractivity contribution in [1.29, 1.82) is 0 Å². The van der Waals surface area contributed by atoms with Crippen LogP contribution in [0.1, 0.15) is 16.7 Å². The SMILES string of the molecule is Cc1cc([C]=O)ccc1OCc1ccccc1. The molecule has 17 heavy (non-hydrogen) atoms. The summed E-state index contributed by atoms with van der Waals surface area (Å²) in [6.45, 7) is 2.45. The fourth-order valence-electron chi connectivity index (χ4n) is 1.61. The van der Waals surface area contributed by atoms with Crippen LogP contribution in [0, 0.1) is 6.92 Å². The monoisotopic (exact) mass is 225 g/mol. The molecule has 2 heteroatoms. The molecule has 1 radical (unpaired) electrons. The highest BCUT2D eigenvalue weighted by atomic mass is 16.5. The Morgan fingerprint density at radius 1 is 1.12 bits per heavy atom. The van der Waals surface area contributed by atoms with Crippen molar-refractivity contribution >= 4 is 6.29 Å². The predicted molar refractivity (Wildman–Crippen MR) is 66.7 cm³/mol. The minimum absolute atomic E-state index is 0.534. The molecular formula is C15H13O2. The van der Waals surface area contributed by atoms with Crippen molar-refractivity contribution in [3.8, 4) is 5.75 Å². The quantitative estimate of drug-likeness (QED) is 0.799. The number of ether oxygens (including phenoxy) is 1. The Labute approximate surface area is 101 Å². The molecule has 0 amide bonds. The molecule has 0 bridgehead atoms. The van der Waals surface area contributed by atoms with Crippen molar-refractivity contribution in [2.24, 2.45) is 0 Å². The van der Waals surface area contributed by atoms with Crippen LogP contribution in [0.5, 0.6) is 5.75 Å². The fraction of sp³-hybridized carbons (Fsp3) is 0.133. The van der Waals surface area contributed by atoms with Gasteiger partial charge in [-0.3, -0.25) is 4.79 Å². The lowest BCUT2D eigenvalue weighted by Crippen LogP contribution is -1.97. The van der Waals surface area contributed by atoms with E-state index in [4.69, 9.17) is 4.74 Å². The van der Waals surface area contributed by atoms with Gasteiger partial charge < -0.3 is 4.74 Å². The number of hydrogen-bond acceptors (Lipinski definition) is 2. The molecule has 2 aromatic carbocycles. The molecule has 0 spiro atoms. The van der Waals surface area contributed by atoms with Gasteiger partial charge in [-0.15, -0.1) is 0 Å². The van der Waals surface area contributed by atoms with E-state index in [0.29, 0.717) is 12.2 Å². The lowest BCUT2D eigenvalue weighted by atomic mass is 10.1. The van der Waals surface area contributed by atoms with Crippen LogP contribution in [0.25, 0.3) is 0 Å². The van der Waals surface area contributed by atoms with Crippen LogP contribution in [0.4, 0.5) is 0 Å². The van der Waals surface area contributed by atoms with E-state index in [1.165, 1.54) is 0 Å². The number of carbonyl (C=O) groups excluding carboxylic acids is 1. The average molecular weight is 225 g/mol. The summed E-state index contributed by atoms with van der Waals surface area (Å²) in [6.07, 6.45) is 1.86. The number of hydrogen-bond donors (Lipinski definition) is 0. The van der Waals surface area contributed by atoms with Crippen molar-refractivity contribution in [3.05, 3.63) is 65.2 Å². The van der Waals surface area contributed by atoms with Gasteiger partial charge in [0, 0.05) is 5.56 Å². The summed E-state index contributed by atoms with van der Waals surface area (Å²) >= 11 is 0. The highest BCUT2D eigenvalue weighted by molar-refractivity contribution is 5.76. The van der Waals surface area contributed by atoms with Crippen molar-refractivity contribution < 1.29 is 9.53 Å². The standard InChI is InChI=1S/C15H13O2/c1-12-9-14(10-16)7-8-15(12)17-11-13-5-3-2-4-6-13/h2-9H,11H2,1H3. The summed E-state index contributed by atoms with van der Waals surface area (Å²) in [5.41, 5.74) is 2.62. The van der Waals surface area contributed by atoms with Crippen LogP contribution in [0.3, 0.4) is 0 Å². The normalized spacial score (nSPS) is 9.94. The first-order chi connectivity index (χ1) is 8.29. The van der Waals surface area contributed by atoms with Gasteiger partial charge in [0.1, 0.15) is 12.4 Å². The van der Waals surface area contributed by atoms with Crippen LogP contribution in [-0.2, 0) is 11.4 Å². The van der Waals surface area contributed by atoms with Gasteiger partial charge >= 0.3 is 0 Å². The molecule has 0 aromatic heterocycles. The molecule has 0 aliphatic carbocycles. The first-order valence-electron chi connectivity index (χ1n) is 5.45. The highest BCUT2D eigenvalue weighted by Crippen LogP contribution is 2.19. The summed E-state index contributed by atoms with van der Waals surface area (Å²) in [6, 6.07) is 15.3. The Hall–Kier alpha value is -2.09. The maximum absolute atomic E-state index is 10.5. The van der Waals surface area contributed by atoms with Crippen LogP contribution < -0.4 is 4.74 Å². The Morgan fingerprint density at radius 3 is 2.53 bits per heavy atom. The minimum Gasteiger partial charge on any atom is -0.489 e. The van der Waals surface area contributed by atoms with Crippen LogP contribution in [0.15, 0.2) is 48.5 Å². The lowest BCUT2D eigenvalue weighted by Gasteiger charge is -2.09. The molecule has 0 N–H and O–H groups in total. The molecule has 0 atom stereocenters.